The van der Waals surface area contributed by atoms with Gasteiger partial charge in [-0.05, 0) is 18.2 Å². The van der Waals surface area contributed by atoms with Crippen LogP contribution in [0.3, 0.4) is 0 Å². The number of hydrogen-bond acceptors (Lipinski definition) is 5. The van der Waals surface area contributed by atoms with Crippen LogP contribution in [0.15, 0.2) is 30.6 Å². The lowest BCUT2D eigenvalue weighted by Gasteiger charge is -1.98. The van der Waals surface area contributed by atoms with E-state index in [1.54, 1.807) is 12.4 Å². The zero-order valence-corrected chi connectivity index (χ0v) is 8.57. The van der Waals surface area contributed by atoms with Gasteiger partial charge in [-0.2, -0.15) is 0 Å². The number of nitrogens with zero attached hydrogens (tertiary/aromatic N) is 2. The standard InChI is InChI=1S/C8H6O4.C2H3N3/c9-4-5-1-2-7(10)6(3-5)8(11)12;1-2-4-5-3-1/h1-4,10H,(H,11,12);1-2H,(H,3,4,5). The van der Waals surface area contributed by atoms with Gasteiger partial charge in [-0.1, -0.05) is 5.21 Å². The number of carbonyl (C=O) groups is 2. The fourth-order valence-electron chi connectivity index (χ4n) is 0.965. The largest absolute Gasteiger partial charge is 0.507 e. The van der Waals surface area contributed by atoms with Crippen LogP contribution in [0.5, 0.6) is 5.75 Å². The van der Waals surface area contributed by atoms with Crippen molar-refractivity contribution in [2.75, 3.05) is 0 Å². The number of benzene rings is 1. The lowest BCUT2D eigenvalue weighted by Crippen LogP contribution is -1.97. The molecule has 0 amide bonds. The third-order valence-electron chi connectivity index (χ3n) is 1.72. The number of phenols is 1. The molecule has 1 aromatic heterocycles. The highest BCUT2D eigenvalue weighted by molar-refractivity contribution is 5.93. The second-order valence-corrected chi connectivity index (χ2v) is 2.86. The van der Waals surface area contributed by atoms with Crippen LogP contribution >= 0.6 is 0 Å². The fraction of sp³-hybridized carbons (Fsp3) is 0. The van der Waals surface area contributed by atoms with Gasteiger partial charge in [0.05, 0.1) is 6.20 Å². The molecular formula is C10H9N3O4. The molecule has 17 heavy (non-hydrogen) atoms. The Morgan fingerprint density at radius 3 is 2.59 bits per heavy atom. The van der Waals surface area contributed by atoms with E-state index in [9.17, 15) is 9.59 Å². The van der Waals surface area contributed by atoms with Crippen molar-refractivity contribution in [3.8, 4) is 5.75 Å². The van der Waals surface area contributed by atoms with Crippen LogP contribution in [0.1, 0.15) is 20.7 Å². The molecule has 0 unspecified atom stereocenters. The smallest absolute Gasteiger partial charge is 0.339 e. The third kappa shape index (κ3) is 3.74. The van der Waals surface area contributed by atoms with Crippen LogP contribution in [0.2, 0.25) is 0 Å². The summed E-state index contributed by atoms with van der Waals surface area (Å²) in [5.74, 6) is -1.59. The summed E-state index contributed by atoms with van der Waals surface area (Å²) in [6.45, 7) is 0. The number of H-pyrrole nitrogens is 1. The van der Waals surface area contributed by atoms with Crippen LogP contribution in [0.25, 0.3) is 0 Å². The topological polar surface area (TPSA) is 116 Å². The number of carboxylic acids is 1. The molecule has 0 spiro atoms. The van der Waals surface area contributed by atoms with Gasteiger partial charge in [0.2, 0.25) is 0 Å². The lowest BCUT2D eigenvalue weighted by atomic mass is 10.1. The molecular weight excluding hydrogens is 226 g/mol. The van der Waals surface area contributed by atoms with E-state index in [0.717, 1.165) is 6.07 Å². The summed E-state index contributed by atoms with van der Waals surface area (Å²) in [4.78, 5) is 20.6. The number of aromatic hydroxyl groups is 1. The molecule has 1 heterocycles. The first-order valence-corrected chi connectivity index (χ1v) is 4.47. The van der Waals surface area contributed by atoms with Gasteiger partial charge in [-0.25, -0.2) is 4.79 Å². The van der Waals surface area contributed by atoms with Crippen LogP contribution < -0.4 is 0 Å². The predicted octanol–water partition coefficient (Wildman–Crippen LogP) is 0.708. The van der Waals surface area contributed by atoms with Gasteiger partial charge in [0.1, 0.15) is 17.6 Å². The van der Waals surface area contributed by atoms with Gasteiger partial charge < -0.3 is 10.2 Å². The molecule has 0 atom stereocenters. The molecule has 0 radical (unpaired) electrons. The molecule has 0 bridgehead atoms. The van der Waals surface area contributed by atoms with Gasteiger partial charge in [-0.3, -0.25) is 9.89 Å². The minimum Gasteiger partial charge on any atom is -0.507 e. The Morgan fingerprint density at radius 2 is 2.18 bits per heavy atom. The SMILES string of the molecule is O=Cc1ccc(O)c(C(=O)O)c1.c1c[nH]nn1. The van der Waals surface area contributed by atoms with Crippen molar-refractivity contribution in [2.24, 2.45) is 0 Å². The van der Waals surface area contributed by atoms with Crippen LogP contribution in [0, 0.1) is 0 Å². The summed E-state index contributed by atoms with van der Waals surface area (Å²) >= 11 is 0. The zero-order chi connectivity index (χ0) is 12.7. The first-order valence-electron chi connectivity index (χ1n) is 4.47. The molecule has 7 nitrogen and oxygen atoms in total. The molecule has 0 aliphatic heterocycles. The second-order valence-electron chi connectivity index (χ2n) is 2.86. The van der Waals surface area contributed by atoms with E-state index in [-0.39, 0.29) is 16.9 Å². The number of aromatic nitrogens is 3. The van der Waals surface area contributed by atoms with Crippen LogP contribution in [-0.2, 0) is 0 Å². The molecule has 7 heteroatoms. The molecule has 1 aromatic carbocycles. The molecule has 2 rings (SSSR count). The highest BCUT2D eigenvalue weighted by Crippen LogP contribution is 2.17. The Kier molecular flexibility index (Phi) is 4.37. The Bertz CT molecular complexity index is 479. The number of hydrogen-bond donors (Lipinski definition) is 3. The van der Waals surface area contributed by atoms with Crippen LogP contribution in [0.4, 0.5) is 0 Å². The molecule has 0 saturated carbocycles. The summed E-state index contributed by atoms with van der Waals surface area (Å²) in [7, 11) is 0. The summed E-state index contributed by atoms with van der Waals surface area (Å²) in [5, 5.41) is 26.8. The van der Waals surface area contributed by atoms with Crippen molar-refractivity contribution < 1.29 is 19.8 Å². The molecule has 0 aliphatic carbocycles. The quantitative estimate of drug-likeness (QED) is 0.660. The minimum absolute atomic E-state index is 0.227. The predicted molar refractivity (Wildman–Crippen MR) is 56.8 cm³/mol. The summed E-state index contributed by atoms with van der Waals surface area (Å²) < 4.78 is 0. The van der Waals surface area contributed by atoms with E-state index in [2.05, 4.69) is 15.4 Å². The summed E-state index contributed by atoms with van der Waals surface area (Å²) in [6.07, 6.45) is 3.76. The first-order chi connectivity index (χ1) is 8.15. The number of carboxylic acid groups (broad SMARTS) is 1. The molecule has 3 N–H and O–H groups in total. The van der Waals surface area contributed by atoms with E-state index in [1.165, 1.54) is 12.1 Å². The van der Waals surface area contributed by atoms with Crippen molar-refractivity contribution >= 4 is 12.3 Å². The highest BCUT2D eigenvalue weighted by atomic mass is 16.4. The van der Waals surface area contributed by atoms with Crippen LogP contribution in [-0.4, -0.2) is 37.9 Å². The van der Waals surface area contributed by atoms with Crippen molar-refractivity contribution in [2.45, 2.75) is 0 Å². The second kappa shape index (κ2) is 6.01. The van der Waals surface area contributed by atoms with Crippen molar-refractivity contribution in [3.63, 3.8) is 0 Å². The maximum Gasteiger partial charge on any atom is 0.339 e. The highest BCUT2D eigenvalue weighted by Gasteiger charge is 2.09. The van der Waals surface area contributed by atoms with E-state index >= 15 is 0 Å². The maximum absolute atomic E-state index is 10.4. The van der Waals surface area contributed by atoms with E-state index in [4.69, 9.17) is 10.2 Å². The summed E-state index contributed by atoms with van der Waals surface area (Å²) in [5.41, 5.74) is -0.0372. The van der Waals surface area contributed by atoms with Crippen molar-refractivity contribution in [1.82, 2.24) is 15.4 Å². The Labute approximate surface area is 95.7 Å². The fourth-order valence-corrected chi connectivity index (χ4v) is 0.965. The van der Waals surface area contributed by atoms with Gasteiger partial charge in [0.15, 0.2) is 0 Å². The number of aromatic amines is 1. The number of aromatic carboxylic acids is 1. The van der Waals surface area contributed by atoms with Crippen molar-refractivity contribution in [3.05, 3.63) is 41.7 Å². The van der Waals surface area contributed by atoms with Gasteiger partial charge >= 0.3 is 5.97 Å². The summed E-state index contributed by atoms with van der Waals surface area (Å²) in [6, 6.07) is 3.63. The van der Waals surface area contributed by atoms with E-state index in [0.29, 0.717) is 6.29 Å². The normalized spacial score (nSPS) is 8.94. The number of rotatable bonds is 2. The van der Waals surface area contributed by atoms with Gasteiger partial charge in [0, 0.05) is 11.8 Å². The minimum atomic E-state index is -1.25. The third-order valence-corrected chi connectivity index (χ3v) is 1.72. The molecule has 0 fully saturated rings. The number of nitrogens with one attached hydrogen (secondary N) is 1. The molecule has 0 aliphatic rings. The van der Waals surface area contributed by atoms with Gasteiger partial charge in [-0.15, -0.1) is 5.10 Å². The lowest BCUT2D eigenvalue weighted by molar-refractivity contribution is 0.0693. The Balaban J connectivity index is 0.000000239. The van der Waals surface area contributed by atoms with E-state index < -0.39 is 5.97 Å². The number of carbonyl (C=O) groups excluding carboxylic acids is 1. The molecule has 0 saturated heterocycles. The number of aldehydes is 1. The zero-order valence-electron chi connectivity index (χ0n) is 8.57. The maximum atomic E-state index is 10.4. The molecule has 2 aromatic rings. The average molecular weight is 235 g/mol. The average Bonchev–Trinajstić information content (AvgIpc) is 2.88. The Hall–Kier alpha value is -2.70. The van der Waals surface area contributed by atoms with Crippen molar-refractivity contribution in [1.29, 1.82) is 0 Å². The van der Waals surface area contributed by atoms with E-state index in [1.807, 2.05) is 0 Å². The Morgan fingerprint density at radius 1 is 1.41 bits per heavy atom. The first kappa shape index (κ1) is 12.4. The monoisotopic (exact) mass is 235 g/mol. The van der Waals surface area contributed by atoms with Gasteiger partial charge in [0.25, 0.3) is 0 Å². The molecule has 88 valence electrons.